The van der Waals surface area contributed by atoms with E-state index in [1.54, 1.807) is 24.3 Å². The van der Waals surface area contributed by atoms with Crippen molar-refractivity contribution in [2.24, 2.45) is 0 Å². The Labute approximate surface area is 72.0 Å². The third-order valence-electron chi connectivity index (χ3n) is 1.09. The third kappa shape index (κ3) is 1.70. The molecule has 0 radical (unpaired) electrons. The second-order valence-corrected chi connectivity index (χ2v) is 3.06. The molecule has 1 aromatic rings. The minimum Gasteiger partial charge on any atom is -0.478 e. The molecule has 0 fully saturated rings. The van der Waals surface area contributed by atoms with E-state index in [1.165, 1.54) is 0 Å². The summed E-state index contributed by atoms with van der Waals surface area (Å²) in [5.41, 5.74) is 0.334. The van der Waals surface area contributed by atoms with Gasteiger partial charge in [-0.3, -0.25) is 0 Å². The topological polar surface area (TPSA) is 37.3 Å². The number of halogens is 1. The van der Waals surface area contributed by atoms with Gasteiger partial charge in [0.1, 0.15) is 0 Å². The second-order valence-electron chi connectivity index (χ2n) is 1.81. The Balaban J connectivity index is 3.00. The summed E-state index contributed by atoms with van der Waals surface area (Å²) in [5, 5.41) is 8.47. The van der Waals surface area contributed by atoms with E-state index in [-0.39, 0.29) is 0 Å². The van der Waals surface area contributed by atoms with Crippen LogP contribution < -0.4 is 0 Å². The number of hydrogen-bond donors (Lipinski definition) is 1. The molecule has 0 aliphatic carbocycles. The Kier molecular flexibility index (Phi) is 2.26. The largest absolute Gasteiger partial charge is 0.478 e. The first-order chi connectivity index (χ1) is 4.70. The summed E-state index contributed by atoms with van der Waals surface area (Å²) in [4.78, 5) is 10.3. The monoisotopic (exact) mass is 244 g/mol. The van der Waals surface area contributed by atoms with Crippen molar-refractivity contribution < 1.29 is 9.90 Å². The first-order valence-electron chi connectivity index (χ1n) is 2.69. The molecule has 0 aromatic heterocycles. The lowest BCUT2D eigenvalue weighted by Crippen LogP contribution is -1.94. The lowest BCUT2D eigenvalue weighted by atomic mass is 10.2. The van der Waals surface area contributed by atoms with E-state index in [1.807, 2.05) is 0 Å². The molecular weight excluding hydrogens is 239 g/mol. The number of carboxylic acids is 1. The highest BCUT2D eigenvalue weighted by molar-refractivity contribution is 14.1. The van der Waals surface area contributed by atoms with Gasteiger partial charge in [0, 0.05) is 3.57 Å². The van der Waals surface area contributed by atoms with E-state index in [9.17, 15) is 4.79 Å². The first kappa shape index (κ1) is 7.53. The maximum Gasteiger partial charge on any atom is 0.335 e. The highest BCUT2D eigenvalue weighted by Crippen LogP contribution is 2.05. The quantitative estimate of drug-likeness (QED) is 0.767. The Morgan fingerprint density at radius 3 is 2.20 bits per heavy atom. The summed E-state index contributed by atoms with van der Waals surface area (Å²) in [7, 11) is 0. The van der Waals surface area contributed by atoms with Crippen molar-refractivity contribution in [2.45, 2.75) is 0 Å². The van der Waals surface area contributed by atoms with Crippen LogP contribution in [0.15, 0.2) is 24.3 Å². The Hall–Kier alpha value is -0.580. The maximum atomic E-state index is 10.3. The molecule has 0 aliphatic rings. The van der Waals surface area contributed by atoms with Crippen molar-refractivity contribution in [3.05, 3.63) is 33.4 Å². The van der Waals surface area contributed by atoms with Crippen LogP contribution in [0.2, 0.25) is 0 Å². The van der Waals surface area contributed by atoms with Gasteiger partial charge >= 0.3 is 5.97 Å². The number of hydrogen-bond acceptors (Lipinski definition) is 1. The van der Waals surface area contributed by atoms with E-state index < -0.39 is 5.97 Å². The molecular formula is C7H5IO2. The lowest BCUT2D eigenvalue weighted by Gasteiger charge is -1.91. The molecule has 0 atom stereocenters. The minimum atomic E-state index is -0.878. The number of carbonyl (C=O) groups is 1. The molecule has 1 aromatic carbocycles. The fourth-order valence-electron chi connectivity index (χ4n) is 0.592. The Morgan fingerprint density at radius 2 is 1.80 bits per heavy atom. The summed E-state index contributed by atoms with van der Waals surface area (Å²) < 4.78 is 1.04. The second kappa shape index (κ2) is 3.01. The van der Waals surface area contributed by atoms with Crippen LogP contribution in [-0.4, -0.2) is 11.1 Å². The zero-order valence-electron chi connectivity index (χ0n) is 5.04. The number of benzene rings is 1. The van der Waals surface area contributed by atoms with Crippen LogP contribution in [0.25, 0.3) is 0 Å². The van der Waals surface area contributed by atoms with Gasteiger partial charge < -0.3 is 5.11 Å². The number of carboxylic acid groups (broad SMARTS) is 1. The Morgan fingerprint density at radius 1 is 1.30 bits per heavy atom. The molecule has 2 nitrogen and oxygen atoms in total. The SMILES string of the molecule is O=C(O)c1ccc([123I])cc1. The van der Waals surface area contributed by atoms with E-state index >= 15 is 0 Å². The molecule has 0 saturated heterocycles. The zero-order chi connectivity index (χ0) is 7.56. The van der Waals surface area contributed by atoms with Gasteiger partial charge in [-0.05, 0) is 46.9 Å². The van der Waals surface area contributed by atoms with Gasteiger partial charge in [0.15, 0.2) is 0 Å². The van der Waals surface area contributed by atoms with Gasteiger partial charge in [-0.15, -0.1) is 0 Å². The lowest BCUT2D eigenvalue weighted by molar-refractivity contribution is 0.0697. The number of aromatic carboxylic acids is 1. The van der Waals surface area contributed by atoms with Crippen molar-refractivity contribution in [3.8, 4) is 0 Å². The average Bonchev–Trinajstić information content (AvgIpc) is 1.88. The van der Waals surface area contributed by atoms with Crippen LogP contribution >= 0.6 is 22.6 Å². The molecule has 3 heteroatoms. The molecule has 1 rings (SSSR count). The molecule has 0 heterocycles. The molecule has 52 valence electrons. The van der Waals surface area contributed by atoms with Gasteiger partial charge in [-0.1, -0.05) is 0 Å². The molecule has 0 amide bonds. The van der Waals surface area contributed by atoms with E-state index in [2.05, 4.69) is 22.6 Å². The summed E-state index contributed by atoms with van der Waals surface area (Å²) >= 11 is 2.13. The summed E-state index contributed by atoms with van der Waals surface area (Å²) in [6.45, 7) is 0. The molecule has 0 aliphatic heterocycles. The molecule has 0 spiro atoms. The number of rotatable bonds is 1. The van der Waals surface area contributed by atoms with Gasteiger partial charge in [0.25, 0.3) is 0 Å². The summed E-state index contributed by atoms with van der Waals surface area (Å²) in [5.74, 6) is -0.878. The first-order valence-corrected chi connectivity index (χ1v) is 3.77. The minimum absolute atomic E-state index is 0.334. The van der Waals surface area contributed by atoms with Gasteiger partial charge in [-0.25, -0.2) is 4.79 Å². The van der Waals surface area contributed by atoms with Gasteiger partial charge in [-0.2, -0.15) is 0 Å². The molecule has 0 unspecified atom stereocenters. The smallest absolute Gasteiger partial charge is 0.335 e. The zero-order valence-corrected chi connectivity index (χ0v) is 7.20. The van der Waals surface area contributed by atoms with E-state index in [0.717, 1.165) is 3.57 Å². The van der Waals surface area contributed by atoms with Crippen LogP contribution in [0.3, 0.4) is 0 Å². The van der Waals surface area contributed by atoms with E-state index in [4.69, 9.17) is 5.11 Å². The summed E-state index contributed by atoms with van der Waals surface area (Å²) in [6, 6.07) is 6.71. The van der Waals surface area contributed by atoms with Crippen LogP contribution in [0, 0.1) is 3.57 Å². The molecule has 1 N–H and O–H groups in total. The van der Waals surface area contributed by atoms with Gasteiger partial charge in [0.2, 0.25) is 0 Å². The van der Waals surface area contributed by atoms with Crippen molar-refractivity contribution >= 4 is 28.6 Å². The maximum absolute atomic E-state index is 10.3. The highest BCUT2D eigenvalue weighted by atomic mass is 123. The normalized spacial score (nSPS) is 9.30. The highest BCUT2D eigenvalue weighted by Gasteiger charge is 1.98. The fourth-order valence-corrected chi connectivity index (χ4v) is 0.952. The van der Waals surface area contributed by atoms with Crippen molar-refractivity contribution in [1.82, 2.24) is 0 Å². The van der Waals surface area contributed by atoms with Crippen LogP contribution in [0.4, 0.5) is 0 Å². The van der Waals surface area contributed by atoms with E-state index in [0.29, 0.717) is 5.56 Å². The standard InChI is InChI=1S/C7H5IO2/c8-6-3-1-5(2-4-6)7(9)10/h1-4H,(H,9,10)/i8-4. The third-order valence-corrected chi connectivity index (χ3v) is 1.81. The van der Waals surface area contributed by atoms with Crippen LogP contribution in [0.5, 0.6) is 0 Å². The van der Waals surface area contributed by atoms with Crippen molar-refractivity contribution in [2.75, 3.05) is 0 Å². The summed E-state index contributed by atoms with van der Waals surface area (Å²) in [6.07, 6.45) is 0. The fraction of sp³-hybridized carbons (Fsp3) is 0. The molecule has 10 heavy (non-hydrogen) atoms. The molecule has 0 saturated carbocycles. The Bertz CT molecular complexity index is 240. The van der Waals surface area contributed by atoms with Crippen LogP contribution in [0.1, 0.15) is 10.4 Å². The van der Waals surface area contributed by atoms with Gasteiger partial charge in [0.05, 0.1) is 5.56 Å². The predicted molar refractivity (Wildman–Crippen MR) is 46.1 cm³/mol. The predicted octanol–water partition coefficient (Wildman–Crippen LogP) is 1.99. The van der Waals surface area contributed by atoms with Crippen molar-refractivity contribution in [3.63, 3.8) is 0 Å². The van der Waals surface area contributed by atoms with Crippen molar-refractivity contribution in [1.29, 1.82) is 0 Å². The average molecular weight is 244 g/mol. The molecule has 0 bridgehead atoms. The van der Waals surface area contributed by atoms with Crippen LogP contribution in [-0.2, 0) is 0 Å².